The van der Waals surface area contributed by atoms with Crippen molar-refractivity contribution in [2.24, 2.45) is 0 Å². The van der Waals surface area contributed by atoms with Crippen LogP contribution in [0.15, 0.2) is 28.8 Å². The van der Waals surface area contributed by atoms with Crippen LogP contribution in [0.5, 0.6) is 5.75 Å². The van der Waals surface area contributed by atoms with E-state index in [0.717, 1.165) is 11.1 Å². The number of carbonyl (C=O) groups excluding carboxylic acids is 2. The maximum Gasteiger partial charge on any atom is 0.390 e. The molecule has 0 saturated heterocycles. The minimum atomic E-state index is -0.613. The van der Waals surface area contributed by atoms with Crippen LogP contribution < -0.4 is 15.4 Å². The van der Waals surface area contributed by atoms with E-state index in [-0.39, 0.29) is 49.7 Å². The maximum atomic E-state index is 12.1. The molecule has 13 heteroatoms. The van der Waals surface area contributed by atoms with E-state index in [1.165, 1.54) is 10.7 Å². The number of carbonyl (C=O) groups is 2. The van der Waals surface area contributed by atoms with Crippen molar-refractivity contribution in [1.29, 1.82) is 0 Å². The molecule has 2 heterocycles. The molecule has 0 aliphatic rings. The van der Waals surface area contributed by atoms with Gasteiger partial charge in [-0.1, -0.05) is 11.2 Å². The number of aromatic nitrogens is 4. The lowest BCUT2D eigenvalue weighted by atomic mass is 10.1. The van der Waals surface area contributed by atoms with Gasteiger partial charge in [-0.2, -0.15) is 9.67 Å². The van der Waals surface area contributed by atoms with Crippen LogP contribution in [0, 0.1) is 30.9 Å². The molecule has 0 aliphatic heterocycles. The molecule has 0 aliphatic carbocycles. The zero-order valence-electron chi connectivity index (χ0n) is 18.3. The first-order valence-corrected chi connectivity index (χ1v) is 9.99. The quantitative estimate of drug-likeness (QED) is 0.257. The second-order valence-corrected chi connectivity index (χ2v) is 7.22. The predicted molar refractivity (Wildman–Crippen MR) is 114 cm³/mol. The molecule has 0 atom stereocenters. The second-order valence-electron chi connectivity index (χ2n) is 7.22. The molecular formula is C20H23N7O6. The van der Waals surface area contributed by atoms with Crippen molar-refractivity contribution in [3.05, 3.63) is 62.9 Å². The summed E-state index contributed by atoms with van der Waals surface area (Å²) in [6.45, 7) is 5.77. The first kappa shape index (κ1) is 23.4. The van der Waals surface area contributed by atoms with Crippen molar-refractivity contribution in [2.75, 3.05) is 19.7 Å². The number of nitrogens with zero attached hydrogens (tertiary/aromatic N) is 5. The van der Waals surface area contributed by atoms with Gasteiger partial charge in [0.15, 0.2) is 12.4 Å². The van der Waals surface area contributed by atoms with Crippen LogP contribution in [0.25, 0.3) is 0 Å². The highest BCUT2D eigenvalue weighted by molar-refractivity contribution is 5.89. The highest BCUT2D eigenvalue weighted by Crippen LogP contribution is 2.16. The van der Waals surface area contributed by atoms with Gasteiger partial charge in [0.1, 0.15) is 12.3 Å². The van der Waals surface area contributed by atoms with Crippen molar-refractivity contribution in [1.82, 2.24) is 30.6 Å². The van der Waals surface area contributed by atoms with Crippen LogP contribution >= 0.6 is 0 Å². The fraction of sp³-hybridized carbons (Fsp3) is 0.350. The van der Waals surface area contributed by atoms with E-state index in [1.54, 1.807) is 13.0 Å². The first-order valence-electron chi connectivity index (χ1n) is 9.99. The number of nitro groups is 1. The largest absolute Gasteiger partial charge is 0.484 e. The lowest BCUT2D eigenvalue weighted by Crippen LogP contribution is -2.36. The van der Waals surface area contributed by atoms with Gasteiger partial charge >= 0.3 is 17.6 Å². The minimum Gasteiger partial charge on any atom is -0.484 e. The van der Waals surface area contributed by atoms with Crippen LogP contribution in [-0.2, 0) is 11.3 Å². The molecular weight excluding hydrogens is 434 g/mol. The van der Waals surface area contributed by atoms with Gasteiger partial charge in [0.2, 0.25) is 0 Å². The normalized spacial score (nSPS) is 10.6. The summed E-state index contributed by atoms with van der Waals surface area (Å²) in [5, 5.41) is 23.5. The fourth-order valence-electron chi connectivity index (χ4n) is 2.74. The van der Waals surface area contributed by atoms with Crippen molar-refractivity contribution in [2.45, 2.75) is 27.3 Å². The molecule has 33 heavy (non-hydrogen) atoms. The van der Waals surface area contributed by atoms with E-state index in [4.69, 9.17) is 9.26 Å². The molecule has 1 aromatic carbocycles. The Labute approximate surface area is 188 Å². The number of hydrogen-bond acceptors (Lipinski definition) is 9. The number of rotatable bonds is 10. The van der Waals surface area contributed by atoms with Crippen molar-refractivity contribution < 1.29 is 23.8 Å². The Morgan fingerprint density at radius 3 is 2.61 bits per heavy atom. The predicted octanol–water partition coefficient (Wildman–Crippen LogP) is 1.07. The van der Waals surface area contributed by atoms with Gasteiger partial charge in [-0.05, 0) is 49.0 Å². The van der Waals surface area contributed by atoms with Crippen molar-refractivity contribution in [3.8, 4) is 5.75 Å². The number of benzene rings is 1. The molecule has 2 aromatic heterocycles. The molecule has 0 radical (unpaired) electrons. The molecule has 0 saturated carbocycles. The number of ether oxygens (including phenoxy) is 1. The van der Waals surface area contributed by atoms with E-state index >= 15 is 0 Å². The van der Waals surface area contributed by atoms with Gasteiger partial charge in [-0.3, -0.25) is 9.59 Å². The minimum absolute atomic E-state index is 0.00696. The second kappa shape index (κ2) is 10.3. The molecule has 0 unspecified atom stereocenters. The molecule has 13 nitrogen and oxygen atoms in total. The van der Waals surface area contributed by atoms with E-state index in [1.807, 2.05) is 26.0 Å². The Hall–Kier alpha value is -4.29. The van der Waals surface area contributed by atoms with Gasteiger partial charge in [-0.25, -0.2) is 0 Å². The van der Waals surface area contributed by atoms with Gasteiger partial charge in [0.05, 0.1) is 16.9 Å². The summed E-state index contributed by atoms with van der Waals surface area (Å²) in [5.41, 5.74) is 2.74. The summed E-state index contributed by atoms with van der Waals surface area (Å²) < 4.78 is 11.7. The van der Waals surface area contributed by atoms with E-state index < -0.39 is 10.8 Å². The zero-order chi connectivity index (χ0) is 24.0. The molecule has 174 valence electrons. The van der Waals surface area contributed by atoms with E-state index in [2.05, 4.69) is 25.9 Å². The van der Waals surface area contributed by atoms with E-state index in [0.29, 0.717) is 11.4 Å². The van der Waals surface area contributed by atoms with Gasteiger partial charge < -0.3 is 30.0 Å². The third-order valence-electron chi connectivity index (χ3n) is 4.69. The van der Waals surface area contributed by atoms with E-state index in [9.17, 15) is 19.7 Å². The van der Waals surface area contributed by atoms with Crippen molar-refractivity contribution in [3.63, 3.8) is 0 Å². The summed E-state index contributed by atoms with van der Waals surface area (Å²) >= 11 is 0. The van der Waals surface area contributed by atoms with Crippen LogP contribution in [-0.4, -0.2) is 56.4 Å². The SMILES string of the molecule is Cc1ccc(OCC(=O)NCCNC(=O)c2nc(Cn3nc([N+](=O)[O-])cc3C)no2)cc1C. The van der Waals surface area contributed by atoms with Crippen LogP contribution in [0.2, 0.25) is 0 Å². The Balaban J connectivity index is 1.39. The number of aryl methyl sites for hydroxylation is 3. The summed E-state index contributed by atoms with van der Waals surface area (Å²) in [6.07, 6.45) is 0. The number of amides is 2. The number of hydrogen-bond donors (Lipinski definition) is 2. The molecule has 3 aromatic rings. The van der Waals surface area contributed by atoms with Gasteiger partial charge in [0.25, 0.3) is 5.91 Å². The summed E-state index contributed by atoms with van der Waals surface area (Å²) in [5.74, 6) is -0.764. The topological polar surface area (TPSA) is 167 Å². The molecule has 3 rings (SSSR count). The zero-order valence-corrected chi connectivity index (χ0v) is 18.3. The third kappa shape index (κ3) is 6.35. The van der Waals surface area contributed by atoms with Crippen LogP contribution in [0.1, 0.15) is 33.3 Å². The molecule has 2 N–H and O–H groups in total. The monoisotopic (exact) mass is 457 g/mol. The average molecular weight is 457 g/mol. The van der Waals surface area contributed by atoms with Gasteiger partial charge in [-0.15, -0.1) is 0 Å². The van der Waals surface area contributed by atoms with Crippen LogP contribution in [0.3, 0.4) is 0 Å². The van der Waals surface area contributed by atoms with Crippen LogP contribution in [0.4, 0.5) is 5.82 Å². The Kier molecular flexibility index (Phi) is 7.33. The Morgan fingerprint density at radius 2 is 1.91 bits per heavy atom. The third-order valence-corrected chi connectivity index (χ3v) is 4.69. The lowest BCUT2D eigenvalue weighted by Gasteiger charge is -2.09. The summed E-state index contributed by atoms with van der Waals surface area (Å²) in [6, 6.07) is 6.88. The fourth-order valence-corrected chi connectivity index (χ4v) is 2.74. The summed E-state index contributed by atoms with van der Waals surface area (Å²) in [7, 11) is 0. The molecule has 0 fully saturated rings. The molecule has 2 amide bonds. The Bertz CT molecular complexity index is 1170. The maximum absolute atomic E-state index is 12.1. The molecule has 0 spiro atoms. The molecule has 0 bridgehead atoms. The highest BCUT2D eigenvalue weighted by Gasteiger charge is 2.19. The lowest BCUT2D eigenvalue weighted by molar-refractivity contribution is -0.389. The van der Waals surface area contributed by atoms with Crippen molar-refractivity contribution >= 4 is 17.6 Å². The first-order chi connectivity index (χ1) is 15.7. The summed E-state index contributed by atoms with van der Waals surface area (Å²) in [4.78, 5) is 38.2. The highest BCUT2D eigenvalue weighted by atomic mass is 16.6. The smallest absolute Gasteiger partial charge is 0.390 e. The standard InChI is InChI=1S/C20H23N7O6/c1-12-4-5-15(8-13(12)2)32-11-18(28)21-6-7-22-19(29)20-23-16(25-33-20)10-26-14(3)9-17(24-26)27(30)31/h4-5,8-9H,6-7,10-11H2,1-3H3,(H,21,28)(H,22,29). The number of nitrogens with one attached hydrogen (secondary N) is 2. The van der Waals surface area contributed by atoms with Gasteiger partial charge in [0, 0.05) is 13.1 Å². The Morgan fingerprint density at radius 1 is 1.15 bits per heavy atom. The average Bonchev–Trinajstić information content (AvgIpc) is 3.39.